The molecule has 2 fully saturated rings. The highest BCUT2D eigenvalue weighted by Gasteiger charge is 2.39. The van der Waals surface area contributed by atoms with Crippen molar-refractivity contribution in [3.05, 3.63) is 24.0 Å². The fourth-order valence-corrected chi connectivity index (χ4v) is 2.71. The van der Waals surface area contributed by atoms with Gasteiger partial charge in [-0.25, -0.2) is 4.79 Å². The molecule has 3 atom stereocenters. The number of aliphatic carboxylic acids is 1. The molecular formula is C17H20F6N2O4. The predicted molar refractivity (Wildman–Crippen MR) is 87.3 cm³/mol. The maximum absolute atomic E-state index is 11.9. The number of carboxylic acid groups (broad SMARTS) is 1. The van der Waals surface area contributed by atoms with Crippen LogP contribution in [-0.2, 0) is 9.53 Å². The molecule has 6 nitrogen and oxygen atoms in total. The molecule has 29 heavy (non-hydrogen) atoms. The van der Waals surface area contributed by atoms with Crippen LogP contribution in [0, 0.1) is 5.92 Å². The van der Waals surface area contributed by atoms with Gasteiger partial charge in [-0.3, -0.25) is 9.72 Å². The van der Waals surface area contributed by atoms with Crippen LogP contribution in [0.25, 0.3) is 0 Å². The number of nitrogens with zero attached hydrogens (tertiary/aromatic N) is 1. The Morgan fingerprint density at radius 2 is 1.90 bits per heavy atom. The number of hydrogen-bond donors (Lipinski definition) is 2. The highest BCUT2D eigenvalue weighted by Crippen LogP contribution is 2.50. The largest absolute Gasteiger partial charge is 0.522 e. The number of carboxylic acids is 1. The third-order valence-electron chi connectivity index (χ3n) is 4.46. The van der Waals surface area contributed by atoms with E-state index in [9.17, 15) is 26.3 Å². The average Bonchev–Trinajstić information content (AvgIpc) is 3.32. The lowest BCUT2D eigenvalue weighted by Gasteiger charge is -2.27. The molecule has 0 radical (unpaired) electrons. The molecule has 2 heterocycles. The van der Waals surface area contributed by atoms with Gasteiger partial charge in [0.2, 0.25) is 0 Å². The zero-order valence-corrected chi connectivity index (χ0v) is 15.1. The van der Waals surface area contributed by atoms with Crippen LogP contribution in [0.1, 0.15) is 30.7 Å². The lowest BCUT2D eigenvalue weighted by atomic mass is 10.1. The molecule has 2 aliphatic rings. The SMILES string of the molecule is FC(F)(F)OCC[C@H]1C[C@@H]1c1cncc(OC[C@@H]2CCN2)c1.O=C(O)C(F)(F)F. The van der Waals surface area contributed by atoms with E-state index >= 15 is 0 Å². The smallest absolute Gasteiger partial charge is 0.490 e. The van der Waals surface area contributed by atoms with Crippen molar-refractivity contribution in [3.63, 3.8) is 0 Å². The molecule has 0 aromatic carbocycles. The molecule has 0 spiro atoms. The van der Waals surface area contributed by atoms with E-state index in [0.717, 1.165) is 30.7 Å². The van der Waals surface area contributed by atoms with Gasteiger partial charge in [-0.1, -0.05) is 0 Å². The Hall–Kier alpha value is -2.08. The van der Waals surface area contributed by atoms with E-state index in [4.69, 9.17) is 14.6 Å². The molecule has 0 unspecified atom stereocenters. The van der Waals surface area contributed by atoms with Crippen LogP contribution in [0.2, 0.25) is 0 Å². The van der Waals surface area contributed by atoms with Crippen molar-refractivity contribution in [3.8, 4) is 5.75 Å². The average molecular weight is 430 g/mol. The van der Waals surface area contributed by atoms with E-state index in [2.05, 4.69) is 15.0 Å². The summed E-state index contributed by atoms with van der Waals surface area (Å²) in [6.07, 6.45) is -3.75. The molecule has 1 saturated heterocycles. The van der Waals surface area contributed by atoms with Gasteiger partial charge in [0.15, 0.2) is 0 Å². The van der Waals surface area contributed by atoms with Gasteiger partial charge in [0.25, 0.3) is 0 Å². The first-order valence-corrected chi connectivity index (χ1v) is 8.77. The van der Waals surface area contributed by atoms with Crippen molar-refractivity contribution < 1.29 is 45.7 Å². The van der Waals surface area contributed by atoms with Gasteiger partial charge in [0, 0.05) is 12.2 Å². The Balaban J connectivity index is 0.000000370. The molecule has 1 aromatic heterocycles. The summed E-state index contributed by atoms with van der Waals surface area (Å²) in [6, 6.07) is 2.36. The van der Waals surface area contributed by atoms with Gasteiger partial charge >= 0.3 is 18.5 Å². The number of nitrogens with one attached hydrogen (secondary N) is 1. The molecule has 1 aromatic rings. The van der Waals surface area contributed by atoms with Crippen LogP contribution in [-0.4, -0.2) is 54.4 Å². The van der Waals surface area contributed by atoms with Crippen LogP contribution in [0.15, 0.2) is 18.5 Å². The monoisotopic (exact) mass is 430 g/mol. The maximum atomic E-state index is 11.9. The number of rotatable bonds is 7. The Morgan fingerprint density at radius 1 is 1.24 bits per heavy atom. The number of ether oxygens (including phenoxy) is 2. The molecule has 0 amide bonds. The summed E-state index contributed by atoms with van der Waals surface area (Å²) < 4.78 is 77.0. The molecule has 1 aliphatic carbocycles. The number of hydrogen-bond acceptors (Lipinski definition) is 5. The first-order chi connectivity index (χ1) is 13.5. The van der Waals surface area contributed by atoms with E-state index in [-0.39, 0.29) is 18.4 Å². The standard InChI is InChI=1S/C15H19F3N2O2.C2HF3O2/c16-15(17,18)22-4-2-10-6-14(10)11-5-13(8-19-7-11)21-9-12-1-3-20-12;3-2(4,5)1(6)7/h5,7-8,10,12,14,20H,1-4,6,9H2;(H,6,7)/t10-,12-,14-;/m0./s1. The van der Waals surface area contributed by atoms with Gasteiger partial charge in [-0.05, 0) is 49.3 Å². The lowest BCUT2D eigenvalue weighted by Crippen LogP contribution is -2.46. The van der Waals surface area contributed by atoms with E-state index in [1.54, 1.807) is 12.4 Å². The Morgan fingerprint density at radius 3 is 2.41 bits per heavy atom. The second kappa shape index (κ2) is 9.61. The second-order valence-electron chi connectivity index (χ2n) is 6.69. The Kier molecular flexibility index (Phi) is 7.69. The van der Waals surface area contributed by atoms with Crippen molar-refractivity contribution >= 4 is 5.97 Å². The second-order valence-corrected chi connectivity index (χ2v) is 6.69. The van der Waals surface area contributed by atoms with Crippen molar-refractivity contribution in [2.45, 2.75) is 43.8 Å². The minimum absolute atomic E-state index is 0.243. The first-order valence-electron chi connectivity index (χ1n) is 8.77. The van der Waals surface area contributed by atoms with Gasteiger partial charge in [-0.15, -0.1) is 13.2 Å². The van der Waals surface area contributed by atoms with Crippen LogP contribution in [0.5, 0.6) is 5.75 Å². The summed E-state index contributed by atoms with van der Waals surface area (Å²) in [5.41, 5.74) is 1.04. The topological polar surface area (TPSA) is 80.7 Å². The molecule has 1 saturated carbocycles. The Labute approximate surface area is 162 Å². The number of pyridine rings is 1. The van der Waals surface area contributed by atoms with Crippen molar-refractivity contribution in [1.82, 2.24) is 10.3 Å². The van der Waals surface area contributed by atoms with Crippen LogP contribution in [0.3, 0.4) is 0 Å². The van der Waals surface area contributed by atoms with Crippen molar-refractivity contribution in [2.24, 2.45) is 5.92 Å². The molecule has 3 rings (SSSR count). The molecule has 1 aliphatic heterocycles. The molecule has 164 valence electrons. The van der Waals surface area contributed by atoms with Crippen LogP contribution < -0.4 is 10.1 Å². The number of carbonyl (C=O) groups is 1. The molecule has 0 bridgehead atoms. The fourth-order valence-electron chi connectivity index (χ4n) is 2.71. The van der Waals surface area contributed by atoms with E-state index in [0.29, 0.717) is 19.1 Å². The highest BCUT2D eigenvalue weighted by atomic mass is 19.4. The number of alkyl halides is 6. The van der Waals surface area contributed by atoms with Gasteiger partial charge in [0.05, 0.1) is 12.8 Å². The summed E-state index contributed by atoms with van der Waals surface area (Å²) in [5.74, 6) is -1.52. The van der Waals surface area contributed by atoms with Crippen molar-refractivity contribution in [2.75, 3.05) is 19.8 Å². The Bertz CT molecular complexity index is 679. The molecular weight excluding hydrogens is 410 g/mol. The summed E-state index contributed by atoms with van der Waals surface area (Å²) in [7, 11) is 0. The molecule has 2 N–H and O–H groups in total. The zero-order valence-electron chi connectivity index (χ0n) is 15.1. The van der Waals surface area contributed by atoms with Gasteiger partial charge in [-0.2, -0.15) is 13.2 Å². The van der Waals surface area contributed by atoms with E-state index < -0.39 is 18.5 Å². The normalized spacial score (nSPS) is 23.4. The highest BCUT2D eigenvalue weighted by molar-refractivity contribution is 5.73. The predicted octanol–water partition coefficient (Wildman–Crippen LogP) is 3.49. The van der Waals surface area contributed by atoms with Crippen LogP contribution >= 0.6 is 0 Å². The fraction of sp³-hybridized carbons (Fsp3) is 0.647. The third kappa shape index (κ3) is 8.44. The van der Waals surface area contributed by atoms with Crippen LogP contribution in [0.4, 0.5) is 26.3 Å². The minimum Gasteiger partial charge on any atom is -0.490 e. The maximum Gasteiger partial charge on any atom is 0.522 e. The quantitative estimate of drug-likeness (QED) is 0.645. The first kappa shape index (κ1) is 23.2. The summed E-state index contributed by atoms with van der Waals surface area (Å²) in [5, 5.41) is 10.4. The number of halogens is 6. The zero-order chi connectivity index (χ0) is 21.7. The van der Waals surface area contributed by atoms with E-state index in [1.165, 1.54) is 0 Å². The van der Waals surface area contributed by atoms with Gasteiger partial charge < -0.3 is 15.2 Å². The lowest BCUT2D eigenvalue weighted by molar-refractivity contribution is -0.325. The summed E-state index contributed by atoms with van der Waals surface area (Å²) in [6.45, 7) is 1.39. The van der Waals surface area contributed by atoms with Gasteiger partial charge in [0.1, 0.15) is 12.4 Å². The van der Waals surface area contributed by atoms with Crippen molar-refractivity contribution in [1.29, 1.82) is 0 Å². The van der Waals surface area contributed by atoms with E-state index in [1.807, 2.05) is 6.07 Å². The summed E-state index contributed by atoms with van der Waals surface area (Å²) >= 11 is 0. The third-order valence-corrected chi connectivity index (χ3v) is 4.46. The minimum atomic E-state index is -5.08. The molecule has 12 heteroatoms. The number of aromatic nitrogens is 1. The summed E-state index contributed by atoms with van der Waals surface area (Å²) in [4.78, 5) is 13.1.